The SMILES string of the molecule is CCO.Cc1ccc2ccccc2c1. The fourth-order valence-electron chi connectivity index (χ4n) is 1.31. The Hall–Kier alpha value is -1.34. The summed E-state index contributed by atoms with van der Waals surface area (Å²) in [6.45, 7) is 4.05. The molecule has 1 N–H and O–H groups in total. The van der Waals surface area contributed by atoms with Crippen molar-refractivity contribution >= 4 is 10.8 Å². The molecule has 0 fully saturated rings. The van der Waals surface area contributed by atoms with Gasteiger partial charge in [-0.05, 0) is 24.6 Å². The van der Waals surface area contributed by atoms with E-state index in [2.05, 4.69) is 49.4 Å². The molecule has 0 aliphatic rings. The Morgan fingerprint density at radius 3 is 2.21 bits per heavy atom. The molecule has 0 radical (unpaired) electrons. The molecule has 0 bridgehead atoms. The molecule has 2 aromatic rings. The van der Waals surface area contributed by atoms with Gasteiger partial charge in [0.1, 0.15) is 0 Å². The number of rotatable bonds is 0. The summed E-state index contributed by atoms with van der Waals surface area (Å²) in [5.41, 5.74) is 1.32. The molecule has 14 heavy (non-hydrogen) atoms. The average molecular weight is 188 g/mol. The third-order valence-electron chi connectivity index (χ3n) is 1.90. The van der Waals surface area contributed by atoms with Crippen LogP contribution in [-0.4, -0.2) is 11.7 Å². The first-order valence-corrected chi connectivity index (χ1v) is 4.84. The van der Waals surface area contributed by atoms with Gasteiger partial charge in [-0.2, -0.15) is 0 Å². The minimum absolute atomic E-state index is 0.250. The molecule has 0 amide bonds. The average Bonchev–Trinajstić information content (AvgIpc) is 2.19. The molecule has 0 atom stereocenters. The summed E-state index contributed by atoms with van der Waals surface area (Å²) >= 11 is 0. The Balaban J connectivity index is 0.000000293. The Morgan fingerprint density at radius 2 is 1.57 bits per heavy atom. The fraction of sp³-hybridized carbons (Fsp3) is 0.231. The van der Waals surface area contributed by atoms with E-state index in [1.807, 2.05) is 0 Å². The molecule has 0 heterocycles. The molecule has 0 saturated heterocycles. The molecule has 2 aromatic carbocycles. The van der Waals surface area contributed by atoms with E-state index in [9.17, 15) is 0 Å². The number of aliphatic hydroxyl groups excluding tert-OH is 1. The van der Waals surface area contributed by atoms with Gasteiger partial charge in [-0.1, -0.05) is 48.0 Å². The summed E-state index contributed by atoms with van der Waals surface area (Å²) in [6.07, 6.45) is 0. The lowest BCUT2D eigenvalue weighted by molar-refractivity contribution is 0.318. The fourth-order valence-corrected chi connectivity index (χ4v) is 1.31. The quantitative estimate of drug-likeness (QED) is 0.673. The third-order valence-corrected chi connectivity index (χ3v) is 1.90. The molecule has 74 valence electrons. The summed E-state index contributed by atoms with van der Waals surface area (Å²) < 4.78 is 0. The lowest BCUT2D eigenvalue weighted by atomic mass is 10.1. The number of hydrogen-bond donors (Lipinski definition) is 1. The van der Waals surface area contributed by atoms with Gasteiger partial charge in [-0.25, -0.2) is 0 Å². The second-order valence-electron chi connectivity index (χ2n) is 3.17. The van der Waals surface area contributed by atoms with Gasteiger partial charge < -0.3 is 5.11 Å². The van der Waals surface area contributed by atoms with E-state index in [4.69, 9.17) is 5.11 Å². The van der Waals surface area contributed by atoms with Crippen molar-refractivity contribution in [3.05, 3.63) is 48.0 Å². The number of hydrogen-bond acceptors (Lipinski definition) is 1. The van der Waals surface area contributed by atoms with Crippen LogP contribution in [0.2, 0.25) is 0 Å². The van der Waals surface area contributed by atoms with Gasteiger partial charge >= 0.3 is 0 Å². The van der Waals surface area contributed by atoms with Crippen LogP contribution < -0.4 is 0 Å². The van der Waals surface area contributed by atoms with Crippen LogP contribution in [0.1, 0.15) is 12.5 Å². The smallest absolute Gasteiger partial charge is 0.0402 e. The number of aryl methyl sites for hydroxylation is 1. The van der Waals surface area contributed by atoms with Gasteiger partial charge in [0.05, 0.1) is 0 Å². The number of fused-ring (bicyclic) bond motifs is 1. The molecule has 0 aromatic heterocycles. The first kappa shape index (κ1) is 10.7. The highest BCUT2D eigenvalue weighted by molar-refractivity contribution is 5.82. The van der Waals surface area contributed by atoms with Crippen molar-refractivity contribution in [1.82, 2.24) is 0 Å². The zero-order valence-electron chi connectivity index (χ0n) is 8.70. The van der Waals surface area contributed by atoms with E-state index in [1.54, 1.807) is 6.92 Å². The van der Waals surface area contributed by atoms with Crippen molar-refractivity contribution in [1.29, 1.82) is 0 Å². The van der Waals surface area contributed by atoms with Gasteiger partial charge in [-0.15, -0.1) is 0 Å². The van der Waals surface area contributed by atoms with Crippen molar-refractivity contribution in [3.63, 3.8) is 0 Å². The normalized spacial score (nSPS) is 9.36. The van der Waals surface area contributed by atoms with E-state index >= 15 is 0 Å². The van der Waals surface area contributed by atoms with Gasteiger partial charge in [0.2, 0.25) is 0 Å². The molecule has 2 rings (SSSR count). The van der Waals surface area contributed by atoms with Crippen molar-refractivity contribution < 1.29 is 5.11 Å². The summed E-state index contributed by atoms with van der Waals surface area (Å²) in [7, 11) is 0. The molecule has 1 nitrogen and oxygen atoms in total. The van der Waals surface area contributed by atoms with Crippen molar-refractivity contribution in [2.75, 3.05) is 6.61 Å². The summed E-state index contributed by atoms with van der Waals surface area (Å²) in [4.78, 5) is 0. The van der Waals surface area contributed by atoms with Crippen LogP contribution in [0, 0.1) is 6.92 Å². The highest BCUT2D eigenvalue weighted by atomic mass is 16.2. The minimum atomic E-state index is 0.250. The molecular formula is C13H16O. The second-order valence-corrected chi connectivity index (χ2v) is 3.17. The Bertz CT molecular complexity index is 393. The van der Waals surface area contributed by atoms with E-state index in [-0.39, 0.29) is 6.61 Å². The lowest BCUT2D eigenvalue weighted by Gasteiger charge is -1.96. The summed E-state index contributed by atoms with van der Waals surface area (Å²) in [5, 5.41) is 10.2. The maximum atomic E-state index is 7.57. The molecule has 0 aliphatic heterocycles. The second kappa shape index (κ2) is 5.40. The van der Waals surface area contributed by atoms with E-state index in [1.165, 1.54) is 16.3 Å². The minimum Gasteiger partial charge on any atom is -0.397 e. The Labute approximate surface area is 85.0 Å². The van der Waals surface area contributed by atoms with Crippen LogP contribution in [0.4, 0.5) is 0 Å². The zero-order chi connectivity index (χ0) is 10.4. The third kappa shape index (κ3) is 2.86. The number of aliphatic hydroxyl groups is 1. The molecule has 0 aliphatic carbocycles. The van der Waals surface area contributed by atoms with Gasteiger partial charge in [0.25, 0.3) is 0 Å². The van der Waals surface area contributed by atoms with Gasteiger partial charge in [-0.3, -0.25) is 0 Å². The maximum absolute atomic E-state index is 7.57. The van der Waals surface area contributed by atoms with Crippen LogP contribution in [0.15, 0.2) is 42.5 Å². The Kier molecular flexibility index (Phi) is 4.14. The monoisotopic (exact) mass is 188 g/mol. The van der Waals surface area contributed by atoms with Gasteiger partial charge in [0.15, 0.2) is 0 Å². The molecule has 0 spiro atoms. The molecular weight excluding hydrogens is 172 g/mol. The predicted octanol–water partition coefficient (Wildman–Crippen LogP) is 3.15. The lowest BCUT2D eigenvalue weighted by Crippen LogP contribution is -1.73. The molecule has 0 saturated carbocycles. The van der Waals surface area contributed by atoms with Crippen LogP contribution in [0.5, 0.6) is 0 Å². The first-order valence-electron chi connectivity index (χ1n) is 4.84. The molecule has 1 heteroatoms. The van der Waals surface area contributed by atoms with Crippen LogP contribution in [0.3, 0.4) is 0 Å². The maximum Gasteiger partial charge on any atom is 0.0402 e. The highest BCUT2D eigenvalue weighted by Crippen LogP contribution is 2.14. The summed E-state index contributed by atoms with van der Waals surface area (Å²) in [6, 6.07) is 14.9. The van der Waals surface area contributed by atoms with Crippen molar-refractivity contribution in [2.24, 2.45) is 0 Å². The topological polar surface area (TPSA) is 20.2 Å². The van der Waals surface area contributed by atoms with Crippen molar-refractivity contribution in [3.8, 4) is 0 Å². The largest absolute Gasteiger partial charge is 0.397 e. The zero-order valence-corrected chi connectivity index (χ0v) is 8.70. The van der Waals surface area contributed by atoms with Crippen molar-refractivity contribution in [2.45, 2.75) is 13.8 Å². The van der Waals surface area contributed by atoms with E-state index in [0.717, 1.165) is 0 Å². The van der Waals surface area contributed by atoms with Crippen LogP contribution >= 0.6 is 0 Å². The molecule has 0 unspecified atom stereocenters. The predicted molar refractivity (Wildman–Crippen MR) is 61.4 cm³/mol. The van der Waals surface area contributed by atoms with Gasteiger partial charge in [0, 0.05) is 6.61 Å². The first-order chi connectivity index (χ1) is 6.77. The summed E-state index contributed by atoms with van der Waals surface area (Å²) in [5.74, 6) is 0. The number of benzene rings is 2. The van der Waals surface area contributed by atoms with Crippen LogP contribution in [0.25, 0.3) is 10.8 Å². The van der Waals surface area contributed by atoms with E-state index < -0.39 is 0 Å². The van der Waals surface area contributed by atoms with E-state index in [0.29, 0.717) is 0 Å². The Morgan fingerprint density at radius 1 is 1.00 bits per heavy atom. The highest BCUT2D eigenvalue weighted by Gasteiger charge is 1.89. The van der Waals surface area contributed by atoms with Crippen LogP contribution in [-0.2, 0) is 0 Å². The standard InChI is InChI=1S/C11H10.C2H6O/c1-9-6-7-10-4-2-3-5-11(10)8-9;1-2-3/h2-8H,1H3;3H,2H2,1H3.